The van der Waals surface area contributed by atoms with E-state index in [1.165, 1.54) is 24.1 Å². The molecule has 0 fully saturated rings. The SMILES string of the molecule is CCCNC(CCC)Cc1cncs1. The van der Waals surface area contributed by atoms with Crippen LogP contribution in [-0.2, 0) is 6.42 Å². The molecule has 1 heterocycles. The summed E-state index contributed by atoms with van der Waals surface area (Å²) < 4.78 is 0. The van der Waals surface area contributed by atoms with Crippen LogP contribution >= 0.6 is 11.3 Å². The molecule has 0 spiro atoms. The summed E-state index contributed by atoms with van der Waals surface area (Å²) >= 11 is 1.76. The third kappa shape index (κ3) is 4.20. The number of thiazole rings is 1. The zero-order valence-corrected chi connectivity index (χ0v) is 9.94. The molecule has 14 heavy (non-hydrogen) atoms. The fraction of sp³-hybridized carbons (Fsp3) is 0.727. The molecule has 0 bridgehead atoms. The van der Waals surface area contributed by atoms with E-state index in [9.17, 15) is 0 Å². The lowest BCUT2D eigenvalue weighted by molar-refractivity contribution is 0.475. The van der Waals surface area contributed by atoms with E-state index >= 15 is 0 Å². The molecule has 1 atom stereocenters. The fourth-order valence-electron chi connectivity index (χ4n) is 1.56. The maximum atomic E-state index is 4.11. The minimum absolute atomic E-state index is 0.639. The molecule has 0 aliphatic heterocycles. The molecule has 3 heteroatoms. The van der Waals surface area contributed by atoms with Gasteiger partial charge in [0.15, 0.2) is 0 Å². The van der Waals surface area contributed by atoms with Crippen molar-refractivity contribution in [1.29, 1.82) is 0 Å². The summed E-state index contributed by atoms with van der Waals surface area (Å²) in [6.07, 6.45) is 6.85. The smallest absolute Gasteiger partial charge is 0.0794 e. The Hall–Kier alpha value is -0.410. The summed E-state index contributed by atoms with van der Waals surface area (Å²) in [5.41, 5.74) is 1.91. The van der Waals surface area contributed by atoms with Crippen LogP contribution in [0.4, 0.5) is 0 Å². The molecule has 1 aromatic heterocycles. The van der Waals surface area contributed by atoms with Crippen LogP contribution in [-0.4, -0.2) is 17.6 Å². The molecular formula is C11H20N2S. The highest BCUT2D eigenvalue weighted by atomic mass is 32.1. The first-order valence-electron chi connectivity index (χ1n) is 5.47. The number of hydrogen-bond donors (Lipinski definition) is 1. The zero-order valence-electron chi connectivity index (χ0n) is 9.12. The van der Waals surface area contributed by atoms with Gasteiger partial charge in [0, 0.05) is 17.1 Å². The Bertz CT molecular complexity index is 221. The largest absolute Gasteiger partial charge is 0.314 e. The number of nitrogens with zero attached hydrogens (tertiary/aromatic N) is 1. The van der Waals surface area contributed by atoms with Crippen LogP contribution in [0.1, 0.15) is 38.0 Å². The van der Waals surface area contributed by atoms with Crippen molar-refractivity contribution >= 4 is 11.3 Å². The van der Waals surface area contributed by atoms with Crippen LogP contribution in [0.2, 0.25) is 0 Å². The van der Waals surface area contributed by atoms with Gasteiger partial charge in [0.25, 0.3) is 0 Å². The normalized spacial score (nSPS) is 13.0. The van der Waals surface area contributed by atoms with Gasteiger partial charge >= 0.3 is 0 Å². The van der Waals surface area contributed by atoms with Crippen LogP contribution in [0.3, 0.4) is 0 Å². The van der Waals surface area contributed by atoms with Crippen molar-refractivity contribution in [1.82, 2.24) is 10.3 Å². The van der Waals surface area contributed by atoms with Crippen molar-refractivity contribution in [3.8, 4) is 0 Å². The molecule has 0 aromatic carbocycles. The van der Waals surface area contributed by atoms with Crippen molar-refractivity contribution in [2.24, 2.45) is 0 Å². The molecular weight excluding hydrogens is 192 g/mol. The van der Waals surface area contributed by atoms with Gasteiger partial charge in [-0.1, -0.05) is 20.3 Å². The van der Waals surface area contributed by atoms with Gasteiger partial charge in [-0.15, -0.1) is 11.3 Å². The number of aromatic nitrogens is 1. The van der Waals surface area contributed by atoms with Crippen LogP contribution in [0.25, 0.3) is 0 Å². The molecule has 1 N–H and O–H groups in total. The van der Waals surface area contributed by atoms with E-state index in [2.05, 4.69) is 24.1 Å². The lowest BCUT2D eigenvalue weighted by atomic mass is 10.1. The Morgan fingerprint density at radius 3 is 2.86 bits per heavy atom. The van der Waals surface area contributed by atoms with Crippen LogP contribution < -0.4 is 5.32 Å². The van der Waals surface area contributed by atoms with Crippen molar-refractivity contribution in [2.45, 2.75) is 45.6 Å². The lowest BCUT2D eigenvalue weighted by Gasteiger charge is -2.16. The average Bonchev–Trinajstić information content (AvgIpc) is 2.67. The number of nitrogens with one attached hydrogen (secondary N) is 1. The van der Waals surface area contributed by atoms with Gasteiger partial charge in [-0.2, -0.15) is 0 Å². The Balaban J connectivity index is 2.34. The van der Waals surface area contributed by atoms with Crippen LogP contribution in [0.5, 0.6) is 0 Å². The highest BCUT2D eigenvalue weighted by Crippen LogP contribution is 2.11. The minimum atomic E-state index is 0.639. The summed E-state index contributed by atoms with van der Waals surface area (Å²) in [7, 11) is 0. The Labute approximate surface area is 90.8 Å². The van der Waals surface area contributed by atoms with Gasteiger partial charge in [0.2, 0.25) is 0 Å². The molecule has 1 aromatic rings. The van der Waals surface area contributed by atoms with Crippen molar-refractivity contribution in [2.75, 3.05) is 6.54 Å². The van der Waals surface area contributed by atoms with E-state index in [1.807, 2.05) is 11.7 Å². The third-order valence-electron chi connectivity index (χ3n) is 2.25. The van der Waals surface area contributed by atoms with Crippen molar-refractivity contribution < 1.29 is 0 Å². The van der Waals surface area contributed by atoms with E-state index in [0.29, 0.717) is 6.04 Å². The predicted octanol–water partition coefficient (Wildman–Crippen LogP) is 2.85. The summed E-state index contributed by atoms with van der Waals surface area (Å²) in [6, 6.07) is 0.639. The second-order valence-corrected chi connectivity index (χ2v) is 4.58. The summed E-state index contributed by atoms with van der Waals surface area (Å²) in [4.78, 5) is 5.50. The maximum Gasteiger partial charge on any atom is 0.0794 e. The van der Waals surface area contributed by atoms with E-state index in [0.717, 1.165) is 13.0 Å². The van der Waals surface area contributed by atoms with Gasteiger partial charge < -0.3 is 5.32 Å². The molecule has 0 aliphatic rings. The molecule has 1 rings (SSSR count). The molecule has 0 saturated carbocycles. The highest BCUT2D eigenvalue weighted by Gasteiger charge is 2.08. The second kappa shape index (κ2) is 6.96. The summed E-state index contributed by atoms with van der Waals surface area (Å²) in [5.74, 6) is 0. The summed E-state index contributed by atoms with van der Waals surface area (Å²) in [6.45, 7) is 5.58. The molecule has 0 aliphatic carbocycles. The molecule has 0 radical (unpaired) electrons. The Morgan fingerprint density at radius 1 is 1.43 bits per heavy atom. The van der Waals surface area contributed by atoms with Gasteiger partial charge in [-0.25, -0.2) is 0 Å². The molecule has 1 unspecified atom stereocenters. The first kappa shape index (κ1) is 11.7. The van der Waals surface area contributed by atoms with Crippen LogP contribution in [0, 0.1) is 0 Å². The fourth-order valence-corrected chi connectivity index (χ4v) is 2.24. The van der Waals surface area contributed by atoms with Gasteiger partial charge in [0.05, 0.1) is 5.51 Å². The quantitative estimate of drug-likeness (QED) is 0.752. The first-order valence-corrected chi connectivity index (χ1v) is 6.35. The van der Waals surface area contributed by atoms with Crippen molar-refractivity contribution in [3.63, 3.8) is 0 Å². The molecule has 0 amide bonds. The van der Waals surface area contributed by atoms with E-state index < -0.39 is 0 Å². The van der Waals surface area contributed by atoms with E-state index in [-0.39, 0.29) is 0 Å². The van der Waals surface area contributed by atoms with E-state index in [1.54, 1.807) is 11.3 Å². The van der Waals surface area contributed by atoms with Gasteiger partial charge in [-0.3, -0.25) is 4.98 Å². The molecule has 80 valence electrons. The van der Waals surface area contributed by atoms with Gasteiger partial charge in [-0.05, 0) is 25.8 Å². The summed E-state index contributed by atoms with van der Waals surface area (Å²) in [5, 5.41) is 3.59. The predicted molar refractivity (Wildman–Crippen MR) is 62.8 cm³/mol. The number of rotatable bonds is 7. The van der Waals surface area contributed by atoms with Crippen LogP contribution in [0.15, 0.2) is 11.7 Å². The van der Waals surface area contributed by atoms with E-state index in [4.69, 9.17) is 0 Å². The minimum Gasteiger partial charge on any atom is -0.314 e. The molecule has 0 saturated heterocycles. The maximum absolute atomic E-state index is 4.11. The Morgan fingerprint density at radius 2 is 2.29 bits per heavy atom. The molecule has 2 nitrogen and oxygen atoms in total. The average molecular weight is 212 g/mol. The topological polar surface area (TPSA) is 24.9 Å². The second-order valence-electron chi connectivity index (χ2n) is 3.61. The standard InChI is InChI=1S/C11H20N2S/c1-3-5-10(13-6-4-2)7-11-8-12-9-14-11/h8-10,13H,3-7H2,1-2H3. The first-order chi connectivity index (χ1) is 6.86. The lowest BCUT2D eigenvalue weighted by Crippen LogP contribution is -2.31. The third-order valence-corrected chi connectivity index (χ3v) is 3.05. The highest BCUT2D eigenvalue weighted by molar-refractivity contribution is 7.09. The zero-order chi connectivity index (χ0) is 10.2. The monoisotopic (exact) mass is 212 g/mol. The van der Waals surface area contributed by atoms with Crippen molar-refractivity contribution in [3.05, 3.63) is 16.6 Å². The van der Waals surface area contributed by atoms with Gasteiger partial charge in [0.1, 0.15) is 0 Å². The number of hydrogen-bond acceptors (Lipinski definition) is 3. The Kier molecular flexibility index (Phi) is 5.80.